The van der Waals surface area contributed by atoms with Crippen LogP contribution in [0.5, 0.6) is 0 Å². The molecule has 0 spiro atoms. The Labute approximate surface area is 138 Å². The first-order valence-corrected chi connectivity index (χ1v) is 7.04. The van der Waals surface area contributed by atoms with Crippen molar-refractivity contribution >= 4 is 28.6 Å². The van der Waals surface area contributed by atoms with Crippen LogP contribution in [0.4, 0.5) is 5.13 Å². The summed E-state index contributed by atoms with van der Waals surface area (Å²) in [5.74, 6) is 0.0298. The molecule has 0 bridgehead atoms. The van der Waals surface area contributed by atoms with Crippen molar-refractivity contribution in [1.82, 2.24) is 10.00 Å². The van der Waals surface area contributed by atoms with Gasteiger partial charge >= 0.3 is 5.13 Å². The van der Waals surface area contributed by atoms with Crippen LogP contribution in [0.2, 0.25) is 0 Å². The van der Waals surface area contributed by atoms with E-state index in [0.29, 0.717) is 5.56 Å². The van der Waals surface area contributed by atoms with Gasteiger partial charge in [-0.1, -0.05) is 35.4 Å². The molecule has 0 aliphatic carbocycles. The van der Waals surface area contributed by atoms with Gasteiger partial charge in [0.2, 0.25) is 12.1 Å². The number of carbonyl (C=O) groups excluding carboxylic acids is 1. The van der Waals surface area contributed by atoms with Crippen LogP contribution in [0.15, 0.2) is 35.3 Å². The van der Waals surface area contributed by atoms with Crippen molar-refractivity contribution in [2.75, 3.05) is 14.1 Å². The Morgan fingerprint density at radius 1 is 1.38 bits per heavy atom. The van der Waals surface area contributed by atoms with Gasteiger partial charge in [0.1, 0.15) is 5.01 Å². The van der Waals surface area contributed by atoms with Crippen molar-refractivity contribution in [1.29, 1.82) is 0 Å². The van der Waals surface area contributed by atoms with E-state index < -0.39 is 0 Å². The van der Waals surface area contributed by atoms with Crippen LogP contribution in [0, 0.1) is 6.92 Å². The number of ketones is 1. The summed E-state index contributed by atoms with van der Waals surface area (Å²) in [5.41, 5.74) is 0.688. The fraction of sp³-hybridized carbons (Fsp3) is 0.286. The number of aryl methyl sites for hydroxylation is 1. The predicted molar refractivity (Wildman–Crippen MR) is 79.7 cm³/mol. The first-order valence-electron chi connectivity index (χ1n) is 6.22. The second kappa shape index (κ2) is 7.99. The van der Waals surface area contributed by atoms with Crippen LogP contribution in [-0.4, -0.2) is 36.2 Å². The summed E-state index contributed by atoms with van der Waals surface area (Å²) >= 11 is 1.47. The number of aromatic nitrogens is 2. The van der Waals surface area contributed by atoms with Crippen molar-refractivity contribution in [3.05, 3.63) is 40.9 Å². The highest BCUT2D eigenvalue weighted by molar-refractivity contribution is 7.14. The van der Waals surface area contributed by atoms with E-state index >= 15 is 0 Å². The van der Waals surface area contributed by atoms with Gasteiger partial charge < -0.3 is 21.9 Å². The number of Topliss-reactive ketones (excluding diaryl/α,β-unsaturated/α-hetero) is 1. The number of hydrogen-bond donors (Lipinski definition) is 0. The minimum Gasteiger partial charge on any atom is -1.00 e. The number of rotatable bonds is 5. The third kappa shape index (κ3) is 5.02. The Kier molecular flexibility index (Phi) is 6.64. The lowest BCUT2D eigenvalue weighted by Gasteiger charge is -1.98. The Bertz CT molecular complexity index is 625. The SMILES string of the molecule is Cc1n[n+](CC(=O)c2ccccc2)c(N=CN(C)C)s1.[Br-]. The summed E-state index contributed by atoms with van der Waals surface area (Å²) < 4.78 is 1.65. The molecule has 0 amide bonds. The number of benzene rings is 1. The molecule has 0 atom stereocenters. The van der Waals surface area contributed by atoms with Gasteiger partial charge in [0.05, 0.1) is 0 Å². The van der Waals surface area contributed by atoms with E-state index in [1.54, 1.807) is 11.0 Å². The first kappa shape index (κ1) is 17.5. The van der Waals surface area contributed by atoms with Crippen LogP contribution in [-0.2, 0) is 6.54 Å². The Balaban J connectivity index is 0.00000220. The summed E-state index contributed by atoms with van der Waals surface area (Å²) in [7, 11) is 3.80. The molecule has 5 nitrogen and oxygen atoms in total. The minimum atomic E-state index is 0. The molecule has 1 aromatic carbocycles. The molecule has 0 saturated heterocycles. The number of halogens is 1. The molecular weight excluding hydrogens is 352 g/mol. The second-order valence-corrected chi connectivity index (χ2v) is 5.72. The molecular formula is C14H17BrN4OS. The maximum absolute atomic E-state index is 12.2. The molecule has 0 radical (unpaired) electrons. The largest absolute Gasteiger partial charge is 1.00 e. The third-order valence-corrected chi connectivity index (χ3v) is 3.39. The molecule has 0 aliphatic rings. The first-order chi connectivity index (χ1) is 9.56. The summed E-state index contributed by atoms with van der Waals surface area (Å²) in [6.45, 7) is 2.11. The second-order valence-electron chi connectivity index (χ2n) is 4.56. The van der Waals surface area contributed by atoms with Crippen molar-refractivity contribution in [3.63, 3.8) is 0 Å². The van der Waals surface area contributed by atoms with E-state index in [4.69, 9.17) is 0 Å². The Morgan fingerprint density at radius 2 is 2.05 bits per heavy atom. The van der Waals surface area contributed by atoms with Gasteiger partial charge in [0.15, 0.2) is 6.54 Å². The minimum absolute atomic E-state index is 0. The smallest absolute Gasteiger partial charge is 0.406 e. The van der Waals surface area contributed by atoms with E-state index in [9.17, 15) is 4.79 Å². The van der Waals surface area contributed by atoms with Crippen molar-refractivity contribution < 1.29 is 26.5 Å². The normalized spacial score (nSPS) is 10.4. The Hall–Kier alpha value is -1.60. The predicted octanol–water partition coefficient (Wildman–Crippen LogP) is -1.15. The average Bonchev–Trinajstić information content (AvgIpc) is 2.77. The average molecular weight is 369 g/mol. The van der Waals surface area contributed by atoms with Gasteiger partial charge in [-0.25, -0.2) is 0 Å². The van der Waals surface area contributed by atoms with Gasteiger partial charge in [-0.15, -0.1) is 4.68 Å². The van der Waals surface area contributed by atoms with Crippen LogP contribution in [0.3, 0.4) is 0 Å². The molecule has 0 aliphatic heterocycles. The van der Waals surface area contributed by atoms with E-state index in [0.717, 1.165) is 10.1 Å². The summed E-state index contributed by atoms with van der Waals surface area (Å²) in [6, 6.07) is 9.23. The number of aliphatic imine (C=N–C) groups is 1. The van der Waals surface area contributed by atoms with Crippen LogP contribution >= 0.6 is 11.3 Å². The standard InChI is InChI=1S/C14H17N4OS.BrH/c1-11-16-18(14(20-11)15-10-17(2)3)9-13(19)12-7-5-4-6-8-12;/h4-8,10H,9H2,1-3H3;1H/q+1;/p-1. The molecule has 21 heavy (non-hydrogen) atoms. The molecule has 112 valence electrons. The van der Waals surface area contributed by atoms with Gasteiger partial charge in [0.25, 0.3) is 0 Å². The zero-order valence-corrected chi connectivity index (χ0v) is 14.6. The van der Waals surface area contributed by atoms with Crippen LogP contribution in [0.1, 0.15) is 15.4 Å². The monoisotopic (exact) mass is 368 g/mol. The topological polar surface area (TPSA) is 49.4 Å². The molecule has 1 heterocycles. The number of hydrogen-bond acceptors (Lipinski definition) is 4. The highest BCUT2D eigenvalue weighted by Crippen LogP contribution is 2.15. The molecule has 2 aromatic rings. The van der Waals surface area contributed by atoms with E-state index in [1.807, 2.05) is 56.3 Å². The maximum Gasteiger partial charge on any atom is 0.406 e. The van der Waals surface area contributed by atoms with Crippen molar-refractivity contribution in [2.24, 2.45) is 4.99 Å². The molecule has 0 unspecified atom stereocenters. The van der Waals surface area contributed by atoms with Gasteiger partial charge in [-0.2, -0.15) is 0 Å². The molecule has 0 fully saturated rings. The van der Waals surface area contributed by atoms with E-state index in [-0.39, 0.29) is 29.3 Å². The van der Waals surface area contributed by atoms with Crippen molar-refractivity contribution in [2.45, 2.75) is 13.5 Å². The molecule has 0 saturated carbocycles. The fourth-order valence-electron chi connectivity index (χ4n) is 1.63. The maximum atomic E-state index is 12.2. The zero-order chi connectivity index (χ0) is 14.5. The summed E-state index contributed by atoms with van der Waals surface area (Å²) in [6.07, 6.45) is 1.70. The lowest BCUT2D eigenvalue weighted by Crippen LogP contribution is -3.00. The molecule has 2 rings (SSSR count). The van der Waals surface area contributed by atoms with Gasteiger partial charge in [-0.05, 0) is 23.3 Å². The summed E-state index contributed by atoms with van der Waals surface area (Å²) in [5, 5.41) is 5.94. The number of nitrogens with zero attached hydrogens (tertiary/aromatic N) is 4. The summed E-state index contributed by atoms with van der Waals surface area (Å²) in [4.78, 5) is 18.4. The van der Waals surface area contributed by atoms with Gasteiger partial charge in [-0.3, -0.25) is 4.79 Å². The number of carbonyl (C=O) groups is 1. The molecule has 0 N–H and O–H groups in total. The zero-order valence-electron chi connectivity index (χ0n) is 12.2. The quantitative estimate of drug-likeness (QED) is 0.289. The van der Waals surface area contributed by atoms with Crippen LogP contribution < -0.4 is 21.7 Å². The highest BCUT2D eigenvalue weighted by Gasteiger charge is 2.19. The fourth-order valence-corrected chi connectivity index (χ4v) is 2.34. The molecule has 7 heteroatoms. The highest BCUT2D eigenvalue weighted by atomic mass is 79.9. The van der Waals surface area contributed by atoms with Crippen molar-refractivity contribution in [3.8, 4) is 0 Å². The molecule has 1 aromatic heterocycles. The lowest BCUT2D eigenvalue weighted by atomic mass is 10.1. The third-order valence-electron chi connectivity index (χ3n) is 2.51. The lowest BCUT2D eigenvalue weighted by molar-refractivity contribution is -0.724. The van der Waals surface area contributed by atoms with E-state index in [2.05, 4.69) is 10.1 Å². The van der Waals surface area contributed by atoms with E-state index in [1.165, 1.54) is 11.3 Å². The van der Waals surface area contributed by atoms with Gasteiger partial charge in [0, 0.05) is 19.7 Å². The van der Waals surface area contributed by atoms with Crippen LogP contribution in [0.25, 0.3) is 0 Å². The Morgan fingerprint density at radius 3 is 2.67 bits per heavy atom.